The number of esters is 1. The zero-order valence-corrected chi connectivity index (χ0v) is 19.6. The smallest absolute Gasteiger partial charge is 0.336 e. The Morgan fingerprint density at radius 1 is 1.30 bits per heavy atom. The highest BCUT2D eigenvalue weighted by Gasteiger charge is 2.41. The van der Waals surface area contributed by atoms with E-state index in [-0.39, 0.29) is 23.8 Å². The highest BCUT2D eigenvalue weighted by atomic mass is 32.2. The lowest BCUT2D eigenvalue weighted by Gasteiger charge is -2.28. The highest BCUT2D eigenvalue weighted by molar-refractivity contribution is 8.14. The Bertz CT molecular complexity index is 1160. The first kappa shape index (κ1) is 24.1. The van der Waals surface area contributed by atoms with Crippen molar-refractivity contribution in [1.82, 2.24) is 0 Å². The van der Waals surface area contributed by atoms with Gasteiger partial charge < -0.3 is 14.5 Å². The summed E-state index contributed by atoms with van der Waals surface area (Å²) in [7, 11) is 0. The van der Waals surface area contributed by atoms with Crippen molar-refractivity contribution in [3.63, 3.8) is 0 Å². The van der Waals surface area contributed by atoms with Gasteiger partial charge in [0.05, 0.1) is 34.6 Å². The average molecular weight is 464 g/mol. The largest absolute Gasteiger partial charge is 0.469 e. The molecule has 2 heterocycles. The molecule has 0 aliphatic carbocycles. The van der Waals surface area contributed by atoms with Crippen LogP contribution in [0.25, 0.3) is 0 Å². The van der Waals surface area contributed by atoms with Crippen LogP contribution in [0.3, 0.4) is 0 Å². The number of allylic oxidation sites excluding steroid dienone is 1. The van der Waals surface area contributed by atoms with E-state index in [9.17, 15) is 14.9 Å². The number of anilines is 1. The van der Waals surface area contributed by atoms with Crippen LogP contribution in [0.2, 0.25) is 0 Å². The molecule has 3 rings (SSSR count). The van der Waals surface area contributed by atoms with Crippen molar-refractivity contribution in [2.24, 2.45) is 10.9 Å². The molecule has 8 heteroatoms. The highest BCUT2D eigenvalue weighted by Crippen LogP contribution is 2.41. The van der Waals surface area contributed by atoms with Crippen molar-refractivity contribution in [2.45, 2.75) is 26.7 Å². The number of thioether (sulfide) groups is 1. The number of nitrogens with zero attached hydrogens (tertiary/aromatic N) is 2. The first-order valence-electron chi connectivity index (χ1n) is 10.4. The number of nitriles is 1. The number of nitrogens with one attached hydrogen (secondary N) is 1. The Labute approximate surface area is 197 Å². The fourth-order valence-electron chi connectivity index (χ4n) is 3.56. The van der Waals surface area contributed by atoms with Gasteiger partial charge in [-0.1, -0.05) is 36.5 Å². The Balaban J connectivity index is 1.85. The van der Waals surface area contributed by atoms with Crippen molar-refractivity contribution in [3.8, 4) is 6.07 Å². The number of hydrogen-bond donors (Lipinski definition) is 1. The second-order valence-corrected chi connectivity index (χ2v) is 8.52. The van der Waals surface area contributed by atoms with E-state index in [4.69, 9.17) is 9.15 Å². The van der Waals surface area contributed by atoms with E-state index in [1.807, 2.05) is 32.0 Å². The summed E-state index contributed by atoms with van der Waals surface area (Å²) < 4.78 is 10.8. The minimum Gasteiger partial charge on any atom is -0.469 e. The van der Waals surface area contributed by atoms with Crippen LogP contribution in [0.4, 0.5) is 5.69 Å². The summed E-state index contributed by atoms with van der Waals surface area (Å²) in [5, 5.41) is 13.3. The summed E-state index contributed by atoms with van der Waals surface area (Å²) in [5.41, 5.74) is 3.52. The summed E-state index contributed by atoms with van der Waals surface area (Å²) in [6.45, 7) is 9.22. The molecule has 33 heavy (non-hydrogen) atoms. The number of rotatable bonds is 7. The molecule has 7 nitrogen and oxygen atoms in total. The van der Waals surface area contributed by atoms with Crippen LogP contribution in [0, 0.1) is 31.1 Å². The fraction of sp³-hybridized carbons (Fsp3) is 0.280. The predicted molar refractivity (Wildman–Crippen MR) is 129 cm³/mol. The molecule has 1 N–H and O–H groups in total. The minimum absolute atomic E-state index is 0.0432. The third kappa shape index (κ3) is 5.44. The number of furan rings is 1. The summed E-state index contributed by atoms with van der Waals surface area (Å²) in [4.78, 5) is 29.9. The van der Waals surface area contributed by atoms with E-state index >= 15 is 0 Å². The van der Waals surface area contributed by atoms with E-state index in [1.54, 1.807) is 19.1 Å². The number of aliphatic imine (C=N–C) groups is 1. The molecule has 1 amide bonds. The van der Waals surface area contributed by atoms with Gasteiger partial charge in [-0.15, -0.1) is 0 Å². The molecule has 0 radical (unpaired) electrons. The third-order valence-electron chi connectivity index (χ3n) is 5.35. The second-order valence-electron chi connectivity index (χ2n) is 7.52. The van der Waals surface area contributed by atoms with Crippen LogP contribution in [0.5, 0.6) is 0 Å². The zero-order valence-electron chi connectivity index (χ0n) is 18.8. The summed E-state index contributed by atoms with van der Waals surface area (Å²) >= 11 is 1.18. The molecule has 1 unspecified atom stereocenters. The van der Waals surface area contributed by atoms with Gasteiger partial charge >= 0.3 is 5.97 Å². The van der Waals surface area contributed by atoms with Gasteiger partial charge in [0.1, 0.15) is 18.3 Å². The number of benzene rings is 1. The maximum absolute atomic E-state index is 12.8. The third-order valence-corrected chi connectivity index (χ3v) is 6.40. The number of carbonyl (C=O) groups excluding carboxylic acids is 2. The second kappa shape index (κ2) is 10.8. The molecular weight excluding hydrogens is 438 g/mol. The van der Waals surface area contributed by atoms with Crippen molar-refractivity contribution in [1.29, 1.82) is 5.26 Å². The van der Waals surface area contributed by atoms with E-state index in [2.05, 4.69) is 23.0 Å². The van der Waals surface area contributed by atoms with Gasteiger partial charge in [-0.05, 0) is 50.1 Å². The lowest BCUT2D eigenvalue weighted by molar-refractivity contribution is -0.138. The molecule has 0 saturated carbocycles. The quantitative estimate of drug-likeness (QED) is 0.462. The first-order chi connectivity index (χ1) is 15.9. The van der Waals surface area contributed by atoms with E-state index in [0.29, 0.717) is 16.5 Å². The van der Waals surface area contributed by atoms with Crippen LogP contribution in [-0.4, -0.2) is 29.3 Å². The molecule has 170 valence electrons. The molecule has 0 fully saturated rings. The SMILES string of the molecule is C=CCOC(=O)C1=C(C)N=C(SCC(=O)Nc2cccc(C)c2C)C(C#N)[C@H]1c1ccco1. The normalized spacial score (nSPS) is 17.7. The fourth-order valence-corrected chi connectivity index (χ4v) is 4.48. The maximum atomic E-state index is 12.8. The lowest BCUT2D eigenvalue weighted by Crippen LogP contribution is -2.30. The van der Waals surface area contributed by atoms with Crippen molar-refractivity contribution < 1.29 is 18.7 Å². The Morgan fingerprint density at radius 3 is 2.76 bits per heavy atom. The molecule has 1 aromatic carbocycles. The molecule has 0 bridgehead atoms. The minimum atomic E-state index is -0.801. The zero-order chi connectivity index (χ0) is 24.0. The standard InChI is InChI=1S/C25H25N3O4S/c1-5-11-32-25(30)22-17(4)27-24(18(13-26)23(22)20-10-7-12-31-20)33-14-21(29)28-19-9-6-8-15(2)16(19)3/h5-10,12,18,23H,1,11,14H2,2-4H3,(H,28,29)/t18?,23-/m0/s1. The molecule has 1 aromatic heterocycles. The summed E-state index contributed by atoms with van der Waals surface area (Å²) in [6.07, 6.45) is 2.96. The van der Waals surface area contributed by atoms with Gasteiger partial charge in [-0.3, -0.25) is 4.79 Å². The molecule has 2 atom stereocenters. The van der Waals surface area contributed by atoms with Crippen molar-refractivity contribution in [2.75, 3.05) is 17.7 Å². The monoisotopic (exact) mass is 463 g/mol. The molecule has 1 aliphatic heterocycles. The van der Waals surface area contributed by atoms with Crippen molar-refractivity contribution >= 4 is 34.4 Å². The van der Waals surface area contributed by atoms with E-state index < -0.39 is 17.8 Å². The van der Waals surface area contributed by atoms with Crippen LogP contribution in [0.1, 0.15) is 29.7 Å². The number of aryl methyl sites for hydroxylation is 1. The number of carbonyl (C=O) groups is 2. The molecule has 0 saturated heterocycles. The topological polar surface area (TPSA) is 105 Å². The first-order valence-corrected chi connectivity index (χ1v) is 11.3. The van der Waals surface area contributed by atoms with Gasteiger partial charge in [0.15, 0.2) is 0 Å². The Hall–Kier alpha value is -3.57. The van der Waals surface area contributed by atoms with Crippen LogP contribution >= 0.6 is 11.8 Å². The molecule has 1 aliphatic rings. The summed E-state index contributed by atoms with van der Waals surface area (Å²) in [6, 6.07) is 11.4. The maximum Gasteiger partial charge on any atom is 0.336 e. The number of ether oxygens (including phenoxy) is 1. The molecule has 0 spiro atoms. The molecular formula is C25H25N3O4S. The summed E-state index contributed by atoms with van der Waals surface area (Å²) in [5.74, 6) is -1.75. The van der Waals surface area contributed by atoms with Gasteiger partial charge in [-0.25, -0.2) is 9.79 Å². The average Bonchev–Trinajstić information content (AvgIpc) is 3.33. The van der Waals surface area contributed by atoms with Crippen LogP contribution < -0.4 is 5.32 Å². The van der Waals surface area contributed by atoms with Crippen LogP contribution in [0.15, 0.2) is 69.9 Å². The lowest BCUT2D eigenvalue weighted by atomic mass is 9.82. The predicted octanol–water partition coefficient (Wildman–Crippen LogP) is 4.91. The van der Waals surface area contributed by atoms with Crippen LogP contribution in [-0.2, 0) is 14.3 Å². The van der Waals surface area contributed by atoms with Gasteiger partial charge in [0.25, 0.3) is 0 Å². The van der Waals surface area contributed by atoms with E-state index in [1.165, 1.54) is 24.1 Å². The van der Waals surface area contributed by atoms with Crippen molar-refractivity contribution in [3.05, 3.63) is 77.4 Å². The van der Waals surface area contributed by atoms with Gasteiger partial charge in [0, 0.05) is 11.4 Å². The van der Waals surface area contributed by atoms with Gasteiger partial charge in [-0.2, -0.15) is 5.26 Å². The van der Waals surface area contributed by atoms with Gasteiger partial charge in [0.2, 0.25) is 5.91 Å². The number of hydrogen-bond acceptors (Lipinski definition) is 7. The van der Waals surface area contributed by atoms with E-state index in [0.717, 1.165) is 16.8 Å². The Kier molecular flexibility index (Phi) is 7.91. The molecule has 2 aromatic rings. The number of amides is 1. The Morgan fingerprint density at radius 2 is 2.09 bits per heavy atom.